The Hall–Kier alpha value is -3.27. The number of H-pyrrole nitrogens is 1. The van der Waals surface area contributed by atoms with Crippen molar-refractivity contribution < 1.29 is 13.2 Å². The number of rotatable bonds is 7. The Kier molecular flexibility index (Phi) is 6.46. The Labute approximate surface area is 172 Å². The maximum absolute atomic E-state index is 12.8. The van der Waals surface area contributed by atoms with Gasteiger partial charge in [-0.25, -0.2) is 4.68 Å². The Bertz CT molecular complexity index is 1100. The van der Waals surface area contributed by atoms with Gasteiger partial charge in [0.25, 0.3) is 5.56 Å². The van der Waals surface area contributed by atoms with E-state index in [2.05, 4.69) is 11.2 Å². The number of aromatic amines is 1. The van der Waals surface area contributed by atoms with Gasteiger partial charge in [-0.3, -0.25) is 9.89 Å². The number of benzene rings is 2. The smallest absolute Gasteiger partial charge is 0.299 e. The molecule has 0 spiro atoms. The molecule has 1 N–H and O–H groups in total. The zero-order valence-electron chi connectivity index (χ0n) is 16.6. The van der Waals surface area contributed by atoms with Crippen molar-refractivity contribution in [3.05, 3.63) is 81.3 Å². The molecule has 0 fully saturated rings. The molecule has 0 atom stereocenters. The molecule has 0 saturated heterocycles. The van der Waals surface area contributed by atoms with Crippen LogP contribution in [0.4, 0.5) is 13.2 Å². The van der Waals surface area contributed by atoms with Crippen LogP contribution in [0.25, 0.3) is 11.1 Å². The topological polar surface area (TPSA) is 61.6 Å². The summed E-state index contributed by atoms with van der Waals surface area (Å²) in [4.78, 5) is 12.6. The van der Waals surface area contributed by atoms with E-state index in [9.17, 15) is 23.2 Å². The van der Waals surface area contributed by atoms with Crippen LogP contribution in [-0.4, -0.2) is 16.0 Å². The average molecular weight is 413 g/mol. The van der Waals surface area contributed by atoms with E-state index in [1.807, 2.05) is 43.3 Å². The summed E-state index contributed by atoms with van der Waals surface area (Å²) >= 11 is 0. The highest BCUT2D eigenvalue weighted by Crippen LogP contribution is 2.24. The van der Waals surface area contributed by atoms with Crippen molar-refractivity contribution in [2.24, 2.45) is 0 Å². The summed E-state index contributed by atoms with van der Waals surface area (Å²) in [6.45, 7) is 0.664. The highest BCUT2D eigenvalue weighted by atomic mass is 19.4. The van der Waals surface area contributed by atoms with Crippen LogP contribution in [0.15, 0.2) is 53.3 Å². The van der Waals surface area contributed by atoms with Gasteiger partial charge in [0.1, 0.15) is 6.54 Å². The third-order valence-electron chi connectivity index (χ3n) is 4.95. The molecule has 3 aromatic rings. The zero-order chi connectivity index (χ0) is 21.7. The predicted molar refractivity (Wildman–Crippen MR) is 109 cm³/mol. The van der Waals surface area contributed by atoms with Crippen LogP contribution in [0.3, 0.4) is 0 Å². The predicted octanol–water partition coefficient (Wildman–Crippen LogP) is 5.21. The quantitative estimate of drug-likeness (QED) is 0.578. The third-order valence-corrected chi connectivity index (χ3v) is 4.95. The van der Waals surface area contributed by atoms with Crippen molar-refractivity contribution in [1.82, 2.24) is 9.78 Å². The first-order chi connectivity index (χ1) is 14.3. The van der Waals surface area contributed by atoms with Crippen LogP contribution >= 0.6 is 0 Å². The van der Waals surface area contributed by atoms with Gasteiger partial charge >= 0.3 is 6.18 Å². The number of nitrogens with one attached hydrogen (secondary N) is 1. The van der Waals surface area contributed by atoms with Gasteiger partial charge in [-0.1, -0.05) is 55.8 Å². The van der Waals surface area contributed by atoms with Gasteiger partial charge in [0, 0.05) is 17.7 Å². The van der Waals surface area contributed by atoms with Gasteiger partial charge in [-0.15, -0.1) is 0 Å². The van der Waals surface area contributed by atoms with E-state index in [1.165, 1.54) is 0 Å². The first kappa shape index (κ1) is 21.4. The molecule has 156 valence electrons. The number of alkyl halides is 3. The average Bonchev–Trinajstić information content (AvgIpc) is 3.00. The minimum atomic E-state index is -4.47. The van der Waals surface area contributed by atoms with Crippen molar-refractivity contribution in [1.29, 1.82) is 5.26 Å². The van der Waals surface area contributed by atoms with E-state index >= 15 is 0 Å². The van der Waals surface area contributed by atoms with Crippen LogP contribution in [0, 0.1) is 11.3 Å². The molecule has 7 heteroatoms. The Morgan fingerprint density at radius 2 is 1.80 bits per heavy atom. The summed E-state index contributed by atoms with van der Waals surface area (Å²) in [5, 5.41) is 11.9. The number of aromatic nitrogens is 2. The highest BCUT2D eigenvalue weighted by Gasteiger charge is 2.30. The minimum absolute atomic E-state index is 0.249. The van der Waals surface area contributed by atoms with Crippen LogP contribution in [0.2, 0.25) is 0 Å². The molecule has 0 bridgehead atoms. The molecule has 0 saturated carbocycles. The molecule has 30 heavy (non-hydrogen) atoms. The SMILES string of the molecule is CCCCc1[nH]n(CC(F)(F)F)c(=O)c1Cc1ccc(-c2ccccc2C#N)cc1. The summed E-state index contributed by atoms with van der Waals surface area (Å²) in [6.07, 6.45) is -2.04. The summed E-state index contributed by atoms with van der Waals surface area (Å²) in [7, 11) is 0. The lowest BCUT2D eigenvalue weighted by Gasteiger charge is -2.06. The monoisotopic (exact) mass is 413 g/mol. The molecule has 3 rings (SSSR count). The fourth-order valence-electron chi connectivity index (χ4n) is 3.45. The van der Waals surface area contributed by atoms with Gasteiger partial charge in [-0.05, 0) is 35.6 Å². The molecule has 0 aliphatic carbocycles. The lowest BCUT2D eigenvalue weighted by Crippen LogP contribution is -2.27. The van der Waals surface area contributed by atoms with Crippen molar-refractivity contribution >= 4 is 0 Å². The van der Waals surface area contributed by atoms with Crippen LogP contribution in [0.5, 0.6) is 0 Å². The van der Waals surface area contributed by atoms with Crippen molar-refractivity contribution in [3.63, 3.8) is 0 Å². The molecular weight excluding hydrogens is 391 g/mol. The second-order valence-corrected chi connectivity index (χ2v) is 7.21. The van der Waals surface area contributed by atoms with Crippen LogP contribution < -0.4 is 5.56 Å². The number of nitriles is 1. The molecule has 0 radical (unpaired) electrons. The van der Waals surface area contributed by atoms with E-state index in [4.69, 9.17) is 0 Å². The first-order valence-corrected chi connectivity index (χ1v) is 9.78. The molecule has 0 amide bonds. The number of unbranched alkanes of at least 4 members (excludes halogenated alkanes) is 1. The fraction of sp³-hybridized carbons (Fsp3) is 0.304. The summed E-state index contributed by atoms with van der Waals surface area (Å²) in [5.41, 5.74) is 3.36. The normalized spacial score (nSPS) is 11.4. The van der Waals surface area contributed by atoms with Crippen molar-refractivity contribution in [2.45, 2.75) is 45.3 Å². The maximum atomic E-state index is 12.8. The van der Waals surface area contributed by atoms with Crippen LogP contribution in [-0.2, 0) is 19.4 Å². The molecule has 1 aromatic heterocycles. The number of nitrogens with zero attached hydrogens (tertiary/aromatic N) is 2. The van der Waals surface area contributed by atoms with E-state index in [0.29, 0.717) is 27.9 Å². The van der Waals surface area contributed by atoms with Gasteiger partial charge < -0.3 is 0 Å². The second-order valence-electron chi connectivity index (χ2n) is 7.21. The lowest BCUT2D eigenvalue weighted by atomic mass is 9.97. The number of halogens is 3. The van der Waals surface area contributed by atoms with E-state index in [1.54, 1.807) is 12.1 Å². The summed E-state index contributed by atoms with van der Waals surface area (Å²) < 4.78 is 39.1. The van der Waals surface area contributed by atoms with Crippen molar-refractivity contribution in [2.75, 3.05) is 0 Å². The standard InChI is InChI=1S/C23H22F3N3O/c1-2-3-8-21-20(22(30)29(28-21)15-23(24,25)26)13-16-9-11-17(12-10-16)19-7-5-4-6-18(19)14-27/h4-7,9-12,28H,2-3,8,13,15H2,1H3. The molecule has 0 aliphatic rings. The maximum Gasteiger partial charge on any atom is 0.408 e. The van der Waals surface area contributed by atoms with Gasteiger partial charge in [0.05, 0.1) is 11.6 Å². The van der Waals surface area contributed by atoms with Crippen LogP contribution in [0.1, 0.15) is 42.1 Å². The molecule has 0 unspecified atom stereocenters. The number of hydrogen-bond acceptors (Lipinski definition) is 2. The molecule has 4 nitrogen and oxygen atoms in total. The van der Waals surface area contributed by atoms with Gasteiger partial charge in [0.2, 0.25) is 0 Å². The van der Waals surface area contributed by atoms with Gasteiger partial charge in [-0.2, -0.15) is 18.4 Å². The third kappa shape index (κ3) is 5.01. The van der Waals surface area contributed by atoms with E-state index in [0.717, 1.165) is 29.5 Å². The second kappa shape index (κ2) is 9.04. The zero-order valence-corrected chi connectivity index (χ0v) is 16.6. The Balaban J connectivity index is 1.90. The largest absolute Gasteiger partial charge is 0.408 e. The molecular formula is C23H22F3N3O. The van der Waals surface area contributed by atoms with Crippen molar-refractivity contribution in [3.8, 4) is 17.2 Å². The number of aryl methyl sites for hydroxylation is 1. The molecule has 0 aliphatic heterocycles. The first-order valence-electron chi connectivity index (χ1n) is 9.78. The summed E-state index contributed by atoms with van der Waals surface area (Å²) in [5.74, 6) is 0. The highest BCUT2D eigenvalue weighted by molar-refractivity contribution is 5.70. The molecule has 1 heterocycles. The minimum Gasteiger partial charge on any atom is -0.299 e. The number of hydrogen-bond donors (Lipinski definition) is 1. The summed E-state index contributed by atoms with van der Waals surface area (Å²) in [6, 6.07) is 16.8. The van der Waals surface area contributed by atoms with E-state index in [-0.39, 0.29) is 6.42 Å². The lowest BCUT2D eigenvalue weighted by molar-refractivity contribution is -0.143. The Morgan fingerprint density at radius 3 is 2.43 bits per heavy atom. The van der Waals surface area contributed by atoms with Gasteiger partial charge in [0.15, 0.2) is 0 Å². The van der Waals surface area contributed by atoms with E-state index < -0.39 is 18.3 Å². The Morgan fingerprint density at radius 1 is 1.10 bits per heavy atom. The fourth-order valence-corrected chi connectivity index (χ4v) is 3.45. The molecule has 2 aromatic carbocycles.